The topological polar surface area (TPSA) is 95.2 Å². The normalized spacial score (nSPS) is 15.1. The number of H-pyrrole nitrogens is 1. The van der Waals surface area contributed by atoms with Gasteiger partial charge in [-0.05, 0) is 61.6 Å². The predicted molar refractivity (Wildman–Crippen MR) is 149 cm³/mol. The summed E-state index contributed by atoms with van der Waals surface area (Å²) in [5.41, 5.74) is -0.855. The number of carbonyl (C=O) groups excluding carboxylic acids is 1. The van der Waals surface area contributed by atoms with Gasteiger partial charge in [-0.3, -0.25) is 19.5 Å². The molecule has 1 heterocycles. The van der Waals surface area contributed by atoms with E-state index in [-0.39, 0.29) is 5.69 Å². The van der Waals surface area contributed by atoms with Gasteiger partial charge >= 0.3 is 0 Å². The van der Waals surface area contributed by atoms with Gasteiger partial charge < -0.3 is 0 Å². The Morgan fingerprint density at radius 3 is 2.21 bits per heavy atom. The SMILES string of the molecule is C[C@H](C(=O)N(c1ccc(C2CCCCC2)cc1)c1ccc2[nH]ncc2c1)S(=O)(=O)Nc1c(F)c(F)c(CF)c(F)c1F. The van der Waals surface area contributed by atoms with E-state index < -0.39 is 62.4 Å². The number of aromatic amines is 1. The van der Waals surface area contributed by atoms with Crippen molar-refractivity contribution in [3.05, 3.63) is 83.1 Å². The molecular formula is C29H27F5N4O3S. The maximum absolute atomic E-state index is 14.5. The Labute approximate surface area is 238 Å². The summed E-state index contributed by atoms with van der Waals surface area (Å²) in [6.45, 7) is -0.883. The average molecular weight is 607 g/mol. The van der Waals surface area contributed by atoms with Gasteiger partial charge in [0, 0.05) is 16.8 Å². The smallest absolute Gasteiger partial charge is 0.251 e. The average Bonchev–Trinajstić information content (AvgIpc) is 3.47. The highest BCUT2D eigenvalue weighted by atomic mass is 32.2. The van der Waals surface area contributed by atoms with Crippen LogP contribution in [0.3, 0.4) is 0 Å². The Kier molecular flexibility index (Phi) is 8.22. The molecule has 42 heavy (non-hydrogen) atoms. The number of hydrogen-bond donors (Lipinski definition) is 2. The molecule has 7 nitrogen and oxygen atoms in total. The van der Waals surface area contributed by atoms with Crippen LogP contribution in [0.15, 0.2) is 48.7 Å². The number of aromatic nitrogens is 2. The first-order valence-corrected chi connectivity index (χ1v) is 14.9. The van der Waals surface area contributed by atoms with Crippen LogP contribution in [0, 0.1) is 23.3 Å². The van der Waals surface area contributed by atoms with E-state index in [9.17, 15) is 35.2 Å². The molecule has 5 rings (SSSR count). The molecule has 0 saturated heterocycles. The van der Waals surface area contributed by atoms with Crippen LogP contribution in [-0.2, 0) is 21.5 Å². The van der Waals surface area contributed by atoms with Crippen molar-refractivity contribution in [3.8, 4) is 0 Å². The number of sulfonamides is 1. The molecule has 1 fully saturated rings. The molecule has 13 heteroatoms. The molecule has 1 aromatic heterocycles. The van der Waals surface area contributed by atoms with Crippen molar-refractivity contribution < 1.29 is 35.2 Å². The van der Waals surface area contributed by atoms with Gasteiger partial charge in [-0.1, -0.05) is 31.4 Å². The predicted octanol–water partition coefficient (Wildman–Crippen LogP) is 7.13. The first-order valence-electron chi connectivity index (χ1n) is 13.3. The van der Waals surface area contributed by atoms with Crippen molar-refractivity contribution in [2.24, 2.45) is 0 Å². The number of hydrogen-bond acceptors (Lipinski definition) is 4. The quantitative estimate of drug-likeness (QED) is 0.165. The summed E-state index contributed by atoms with van der Waals surface area (Å²) in [5.74, 6) is -9.08. The monoisotopic (exact) mass is 606 g/mol. The summed E-state index contributed by atoms with van der Waals surface area (Å²) in [6, 6.07) is 12.0. The third-order valence-electron chi connectivity index (χ3n) is 7.68. The van der Waals surface area contributed by atoms with Crippen LogP contribution < -0.4 is 9.62 Å². The molecule has 2 N–H and O–H groups in total. The van der Waals surface area contributed by atoms with E-state index in [0.29, 0.717) is 22.5 Å². The molecule has 0 bridgehead atoms. The number of nitrogens with zero attached hydrogens (tertiary/aromatic N) is 2. The number of fused-ring (bicyclic) bond motifs is 1. The van der Waals surface area contributed by atoms with E-state index in [2.05, 4.69) is 10.2 Å². The fourth-order valence-electron chi connectivity index (χ4n) is 5.23. The third kappa shape index (κ3) is 5.44. The van der Waals surface area contributed by atoms with Crippen molar-refractivity contribution >= 4 is 43.9 Å². The maximum atomic E-state index is 14.5. The van der Waals surface area contributed by atoms with E-state index in [1.54, 1.807) is 30.3 Å². The van der Waals surface area contributed by atoms with Crippen LogP contribution in [0.1, 0.15) is 56.1 Å². The number of amides is 1. The van der Waals surface area contributed by atoms with Crippen molar-refractivity contribution in [2.45, 2.75) is 56.9 Å². The van der Waals surface area contributed by atoms with Crippen molar-refractivity contribution in [1.29, 1.82) is 0 Å². The molecule has 222 valence electrons. The van der Waals surface area contributed by atoms with E-state index in [1.165, 1.54) is 17.3 Å². The third-order valence-corrected chi connectivity index (χ3v) is 9.30. The summed E-state index contributed by atoms with van der Waals surface area (Å²) in [4.78, 5) is 15.0. The number of nitrogens with one attached hydrogen (secondary N) is 2. The Bertz CT molecular complexity index is 1710. The van der Waals surface area contributed by atoms with Gasteiger partial charge in [0.15, 0.2) is 28.5 Å². The summed E-state index contributed by atoms with van der Waals surface area (Å²) in [6.07, 6.45) is 7.03. The highest BCUT2D eigenvalue weighted by Gasteiger charge is 2.36. The minimum absolute atomic E-state index is 0.281. The second kappa shape index (κ2) is 11.7. The lowest BCUT2D eigenvalue weighted by Gasteiger charge is -2.27. The largest absolute Gasteiger partial charge is 0.280 e. The highest BCUT2D eigenvalue weighted by molar-refractivity contribution is 7.94. The van der Waals surface area contributed by atoms with Gasteiger partial charge in [-0.2, -0.15) is 5.10 Å². The summed E-state index contributed by atoms with van der Waals surface area (Å²) in [5, 5.41) is 5.37. The van der Waals surface area contributed by atoms with Crippen LogP contribution in [0.5, 0.6) is 0 Å². The fraction of sp³-hybridized carbons (Fsp3) is 0.310. The molecule has 4 aromatic rings. The second-order valence-corrected chi connectivity index (χ2v) is 12.3. The van der Waals surface area contributed by atoms with Crippen molar-refractivity contribution in [2.75, 3.05) is 9.62 Å². The van der Waals surface area contributed by atoms with Gasteiger partial charge in [0.2, 0.25) is 10.0 Å². The van der Waals surface area contributed by atoms with E-state index >= 15 is 0 Å². The molecule has 1 saturated carbocycles. The molecule has 0 radical (unpaired) electrons. The van der Waals surface area contributed by atoms with E-state index in [4.69, 9.17) is 0 Å². The first-order chi connectivity index (χ1) is 20.0. The maximum Gasteiger partial charge on any atom is 0.251 e. The van der Waals surface area contributed by atoms with E-state index in [1.807, 2.05) is 12.1 Å². The van der Waals surface area contributed by atoms with Crippen LogP contribution in [0.4, 0.5) is 39.0 Å². The molecule has 1 atom stereocenters. The number of rotatable bonds is 8. The Hall–Kier alpha value is -4.00. The number of carbonyl (C=O) groups is 1. The van der Waals surface area contributed by atoms with Crippen molar-refractivity contribution in [1.82, 2.24) is 10.2 Å². The molecule has 3 aromatic carbocycles. The highest BCUT2D eigenvalue weighted by Crippen LogP contribution is 2.36. The lowest BCUT2D eigenvalue weighted by Crippen LogP contribution is -2.41. The summed E-state index contributed by atoms with van der Waals surface area (Å²) < 4.78 is 98.1. The zero-order valence-electron chi connectivity index (χ0n) is 22.4. The molecule has 0 unspecified atom stereocenters. The summed E-state index contributed by atoms with van der Waals surface area (Å²) >= 11 is 0. The van der Waals surface area contributed by atoms with Crippen LogP contribution in [-0.4, -0.2) is 29.8 Å². The number of halogens is 5. The van der Waals surface area contributed by atoms with Crippen LogP contribution in [0.25, 0.3) is 10.9 Å². The second-order valence-electron chi connectivity index (χ2n) is 10.3. The molecular weight excluding hydrogens is 579 g/mol. The van der Waals surface area contributed by atoms with Crippen LogP contribution >= 0.6 is 0 Å². The lowest BCUT2D eigenvalue weighted by atomic mass is 9.84. The van der Waals surface area contributed by atoms with E-state index in [0.717, 1.165) is 43.1 Å². The van der Waals surface area contributed by atoms with Crippen molar-refractivity contribution in [3.63, 3.8) is 0 Å². The Morgan fingerprint density at radius 2 is 1.60 bits per heavy atom. The van der Waals surface area contributed by atoms with Gasteiger partial charge in [-0.25, -0.2) is 30.4 Å². The zero-order valence-corrected chi connectivity index (χ0v) is 23.2. The van der Waals surface area contributed by atoms with Gasteiger partial charge in [-0.15, -0.1) is 0 Å². The number of anilines is 3. The zero-order chi connectivity index (χ0) is 30.2. The van der Waals surface area contributed by atoms with Crippen LogP contribution in [0.2, 0.25) is 0 Å². The molecule has 0 spiro atoms. The van der Waals surface area contributed by atoms with Gasteiger partial charge in [0.1, 0.15) is 12.4 Å². The molecule has 1 amide bonds. The lowest BCUT2D eigenvalue weighted by molar-refractivity contribution is -0.117. The molecule has 1 aliphatic carbocycles. The van der Waals surface area contributed by atoms with Gasteiger partial charge in [0.25, 0.3) is 5.91 Å². The minimum Gasteiger partial charge on any atom is -0.280 e. The summed E-state index contributed by atoms with van der Waals surface area (Å²) in [7, 11) is -5.00. The standard InChI is InChI=1S/C29H27F5N4O3S/c1-16(42(40,41)37-28-26(33)24(31)22(14-30)25(32)27(28)34)29(39)38(21-11-12-23-19(13-21)15-35-36-23)20-9-7-18(8-10-20)17-5-3-2-4-6-17/h7-13,15-17,37H,2-6,14H2,1H3,(H,35,36)/t16-/m1/s1. The Balaban J connectivity index is 1.51. The first kappa shape index (κ1) is 29.5. The minimum atomic E-state index is -5.00. The molecule has 0 aliphatic heterocycles. The number of benzene rings is 3. The molecule has 1 aliphatic rings. The Morgan fingerprint density at radius 1 is 0.976 bits per heavy atom. The van der Waals surface area contributed by atoms with Gasteiger partial charge in [0.05, 0.1) is 17.3 Å². The fourth-order valence-corrected chi connectivity index (χ4v) is 6.24. The number of alkyl halides is 1.